The summed E-state index contributed by atoms with van der Waals surface area (Å²) in [6, 6.07) is 10.7. The molecule has 1 saturated heterocycles. The minimum absolute atomic E-state index is 0.102. The molecule has 0 radical (unpaired) electrons. The number of amides is 3. The number of nitrogens with zero attached hydrogens (tertiary/aromatic N) is 3. The number of hydrogen-bond acceptors (Lipinski definition) is 5. The molecule has 0 aliphatic carbocycles. The van der Waals surface area contributed by atoms with Crippen LogP contribution in [0.3, 0.4) is 0 Å². The average molecular weight is 433 g/mol. The van der Waals surface area contributed by atoms with Crippen molar-refractivity contribution in [3.63, 3.8) is 0 Å². The maximum Gasteiger partial charge on any atom is 0.321 e. The molecule has 2 aromatic carbocycles. The lowest BCUT2D eigenvalue weighted by Gasteiger charge is -2.34. The lowest BCUT2D eigenvalue weighted by atomic mass is 10.2. The molecule has 0 aromatic heterocycles. The van der Waals surface area contributed by atoms with Gasteiger partial charge in [0.05, 0.1) is 11.0 Å². The SMILES string of the molecule is Cc1ccc(NC(=O)N2CCN(C(=O)COc3cccc([N+](=O)[O-])c3)CC2)cc1Cl. The van der Waals surface area contributed by atoms with Crippen LogP contribution in [0.1, 0.15) is 5.56 Å². The van der Waals surface area contributed by atoms with Gasteiger partial charge in [-0.2, -0.15) is 0 Å². The second-order valence-electron chi connectivity index (χ2n) is 6.81. The van der Waals surface area contributed by atoms with Crippen molar-refractivity contribution < 1.29 is 19.2 Å². The molecule has 158 valence electrons. The van der Waals surface area contributed by atoms with Gasteiger partial charge in [-0.3, -0.25) is 14.9 Å². The van der Waals surface area contributed by atoms with E-state index in [1.165, 1.54) is 18.2 Å². The van der Waals surface area contributed by atoms with Gasteiger partial charge in [0.15, 0.2) is 6.61 Å². The lowest BCUT2D eigenvalue weighted by Crippen LogP contribution is -2.52. The summed E-state index contributed by atoms with van der Waals surface area (Å²) in [5.41, 5.74) is 1.43. The zero-order valence-corrected chi connectivity index (χ0v) is 17.1. The van der Waals surface area contributed by atoms with Crippen LogP contribution in [0.25, 0.3) is 0 Å². The molecule has 10 heteroatoms. The fourth-order valence-electron chi connectivity index (χ4n) is 2.96. The van der Waals surface area contributed by atoms with Gasteiger partial charge in [0.2, 0.25) is 0 Å². The molecule has 0 unspecified atom stereocenters. The maximum atomic E-state index is 12.4. The zero-order chi connectivity index (χ0) is 21.7. The molecule has 3 rings (SSSR count). The van der Waals surface area contributed by atoms with Crippen molar-refractivity contribution in [2.75, 3.05) is 38.1 Å². The molecule has 30 heavy (non-hydrogen) atoms. The quantitative estimate of drug-likeness (QED) is 0.576. The van der Waals surface area contributed by atoms with Crippen molar-refractivity contribution in [3.8, 4) is 5.75 Å². The molecule has 0 saturated carbocycles. The fraction of sp³-hybridized carbons (Fsp3) is 0.300. The normalized spacial score (nSPS) is 13.7. The largest absolute Gasteiger partial charge is 0.484 e. The van der Waals surface area contributed by atoms with E-state index in [9.17, 15) is 19.7 Å². The number of nitro benzene ring substituents is 1. The van der Waals surface area contributed by atoms with Gasteiger partial charge >= 0.3 is 6.03 Å². The number of hydrogen-bond donors (Lipinski definition) is 1. The van der Waals surface area contributed by atoms with Gasteiger partial charge in [-0.1, -0.05) is 23.7 Å². The van der Waals surface area contributed by atoms with Crippen LogP contribution in [-0.4, -0.2) is 59.4 Å². The van der Waals surface area contributed by atoms with Gasteiger partial charge < -0.3 is 19.9 Å². The summed E-state index contributed by atoms with van der Waals surface area (Å²) >= 11 is 6.08. The van der Waals surface area contributed by atoms with E-state index in [0.717, 1.165) is 5.56 Å². The smallest absolute Gasteiger partial charge is 0.321 e. The molecular formula is C20H21ClN4O5. The van der Waals surface area contributed by atoms with Gasteiger partial charge in [0.1, 0.15) is 5.75 Å². The minimum atomic E-state index is -0.524. The Bertz CT molecular complexity index is 960. The second kappa shape index (κ2) is 9.45. The van der Waals surface area contributed by atoms with Crippen LogP contribution in [0.2, 0.25) is 5.02 Å². The van der Waals surface area contributed by atoms with E-state index < -0.39 is 4.92 Å². The monoisotopic (exact) mass is 432 g/mol. The molecule has 1 fully saturated rings. The van der Waals surface area contributed by atoms with E-state index in [1.807, 2.05) is 13.0 Å². The minimum Gasteiger partial charge on any atom is -0.484 e. The average Bonchev–Trinajstić information content (AvgIpc) is 2.75. The van der Waals surface area contributed by atoms with Crippen molar-refractivity contribution in [3.05, 3.63) is 63.2 Å². The zero-order valence-electron chi connectivity index (χ0n) is 16.3. The summed E-state index contributed by atoms with van der Waals surface area (Å²) in [6.07, 6.45) is 0. The fourth-order valence-corrected chi connectivity index (χ4v) is 3.14. The molecule has 1 heterocycles. The third-order valence-electron chi connectivity index (χ3n) is 4.73. The van der Waals surface area contributed by atoms with E-state index in [0.29, 0.717) is 36.9 Å². The van der Waals surface area contributed by atoms with Crippen LogP contribution in [-0.2, 0) is 4.79 Å². The topological polar surface area (TPSA) is 105 Å². The van der Waals surface area contributed by atoms with E-state index in [1.54, 1.807) is 28.0 Å². The number of urea groups is 1. The van der Waals surface area contributed by atoms with E-state index >= 15 is 0 Å². The molecule has 2 aromatic rings. The maximum absolute atomic E-state index is 12.4. The molecule has 0 spiro atoms. The third-order valence-corrected chi connectivity index (χ3v) is 5.14. The highest BCUT2D eigenvalue weighted by Crippen LogP contribution is 2.21. The number of piperazine rings is 1. The third kappa shape index (κ3) is 5.38. The van der Waals surface area contributed by atoms with Crippen molar-refractivity contribution in [2.45, 2.75) is 6.92 Å². The predicted octanol–water partition coefficient (Wildman–Crippen LogP) is 3.31. The molecule has 1 aliphatic rings. The van der Waals surface area contributed by atoms with E-state index in [-0.39, 0.29) is 30.0 Å². The molecular weight excluding hydrogens is 412 g/mol. The number of benzene rings is 2. The standard InChI is InChI=1S/C20H21ClN4O5/c1-14-5-6-15(11-18(14)21)22-20(27)24-9-7-23(8-10-24)19(26)13-30-17-4-2-3-16(12-17)25(28)29/h2-6,11-12H,7-10,13H2,1H3,(H,22,27). The summed E-state index contributed by atoms with van der Waals surface area (Å²) in [6.45, 7) is 3.17. The summed E-state index contributed by atoms with van der Waals surface area (Å²) in [5.74, 6) is 0.0132. The number of carbonyl (C=O) groups is 2. The van der Waals surface area contributed by atoms with Gasteiger partial charge in [-0.05, 0) is 30.7 Å². The first-order chi connectivity index (χ1) is 14.3. The van der Waals surface area contributed by atoms with Gasteiger partial charge in [0.25, 0.3) is 11.6 Å². The Morgan fingerprint density at radius 2 is 1.83 bits per heavy atom. The van der Waals surface area contributed by atoms with Crippen LogP contribution in [0.15, 0.2) is 42.5 Å². The Morgan fingerprint density at radius 1 is 1.13 bits per heavy atom. The first-order valence-corrected chi connectivity index (χ1v) is 9.68. The van der Waals surface area contributed by atoms with Crippen molar-refractivity contribution in [2.24, 2.45) is 0 Å². The number of aryl methyl sites for hydroxylation is 1. The Morgan fingerprint density at radius 3 is 2.50 bits per heavy atom. The Hall–Kier alpha value is -3.33. The Kier molecular flexibility index (Phi) is 6.73. The lowest BCUT2D eigenvalue weighted by molar-refractivity contribution is -0.384. The van der Waals surface area contributed by atoms with Crippen LogP contribution in [0.5, 0.6) is 5.75 Å². The van der Waals surface area contributed by atoms with Crippen LogP contribution in [0, 0.1) is 17.0 Å². The number of nitro groups is 1. The summed E-state index contributed by atoms with van der Waals surface area (Å²) in [4.78, 5) is 38.3. The molecule has 1 aliphatic heterocycles. The highest BCUT2D eigenvalue weighted by atomic mass is 35.5. The van der Waals surface area contributed by atoms with E-state index in [2.05, 4.69) is 5.32 Å². The number of anilines is 1. The first-order valence-electron chi connectivity index (χ1n) is 9.30. The van der Waals surface area contributed by atoms with Crippen LogP contribution < -0.4 is 10.1 Å². The van der Waals surface area contributed by atoms with Crippen LogP contribution in [0.4, 0.5) is 16.2 Å². The number of ether oxygens (including phenoxy) is 1. The highest BCUT2D eigenvalue weighted by Gasteiger charge is 2.24. The van der Waals surface area contributed by atoms with Crippen molar-refractivity contribution in [1.29, 1.82) is 0 Å². The van der Waals surface area contributed by atoms with Crippen molar-refractivity contribution >= 4 is 34.9 Å². The molecule has 9 nitrogen and oxygen atoms in total. The second-order valence-corrected chi connectivity index (χ2v) is 7.21. The predicted molar refractivity (Wildman–Crippen MR) is 112 cm³/mol. The van der Waals surface area contributed by atoms with E-state index in [4.69, 9.17) is 16.3 Å². The van der Waals surface area contributed by atoms with Crippen LogP contribution >= 0.6 is 11.6 Å². The molecule has 3 amide bonds. The van der Waals surface area contributed by atoms with Gasteiger partial charge in [-0.25, -0.2) is 4.79 Å². The number of non-ortho nitro benzene ring substituents is 1. The molecule has 0 atom stereocenters. The highest BCUT2D eigenvalue weighted by molar-refractivity contribution is 6.31. The Balaban J connectivity index is 1.46. The number of halogens is 1. The number of nitrogens with one attached hydrogen (secondary N) is 1. The van der Waals surface area contributed by atoms with Gasteiger partial charge in [0, 0.05) is 43.0 Å². The summed E-state index contributed by atoms with van der Waals surface area (Å²) in [7, 11) is 0. The number of carbonyl (C=O) groups excluding carboxylic acids is 2. The number of rotatable bonds is 5. The van der Waals surface area contributed by atoms with Crippen molar-refractivity contribution in [1.82, 2.24) is 9.80 Å². The molecule has 1 N–H and O–H groups in total. The molecule has 0 bridgehead atoms. The first kappa shape index (κ1) is 21.4. The van der Waals surface area contributed by atoms with Gasteiger partial charge in [-0.15, -0.1) is 0 Å². The Labute approximate surface area is 178 Å². The summed E-state index contributed by atoms with van der Waals surface area (Å²) in [5, 5.41) is 14.2. The summed E-state index contributed by atoms with van der Waals surface area (Å²) < 4.78 is 5.38.